The molecule has 1 unspecified atom stereocenters. The summed E-state index contributed by atoms with van der Waals surface area (Å²) in [4.78, 5) is 27.5. The first-order chi connectivity index (χ1) is 5.49. The van der Waals surface area contributed by atoms with Crippen LogP contribution in [0, 0.1) is 0 Å². The van der Waals surface area contributed by atoms with E-state index in [0.29, 0.717) is 13.0 Å². The summed E-state index contributed by atoms with van der Waals surface area (Å²) in [7, 11) is -4.66. The lowest BCUT2D eigenvalue weighted by Crippen LogP contribution is -2.31. The molecule has 0 aromatic rings. The van der Waals surface area contributed by atoms with Crippen LogP contribution in [0.5, 0.6) is 0 Å². The van der Waals surface area contributed by atoms with Gasteiger partial charge in [-0.2, -0.15) is 0 Å². The van der Waals surface area contributed by atoms with Gasteiger partial charge in [0.1, 0.15) is 6.04 Å². The zero-order valence-electron chi connectivity index (χ0n) is 6.27. The van der Waals surface area contributed by atoms with Gasteiger partial charge >= 0.3 is 13.8 Å². The van der Waals surface area contributed by atoms with Gasteiger partial charge in [-0.15, -0.1) is 0 Å². The van der Waals surface area contributed by atoms with Crippen LogP contribution in [0.25, 0.3) is 0 Å². The van der Waals surface area contributed by atoms with Gasteiger partial charge in [0, 0.05) is 0 Å². The Balaban J connectivity index is 2.43. The average molecular weight is 195 g/mol. The highest BCUT2D eigenvalue weighted by molar-refractivity contribution is 7.46. The van der Waals surface area contributed by atoms with Crippen molar-refractivity contribution in [1.82, 2.24) is 5.32 Å². The molecular formula is C5H10NO5P. The van der Waals surface area contributed by atoms with Gasteiger partial charge in [0.2, 0.25) is 0 Å². The average Bonchev–Trinajstić information content (AvgIpc) is 2.32. The molecule has 1 saturated heterocycles. The van der Waals surface area contributed by atoms with Crippen molar-refractivity contribution in [3.05, 3.63) is 0 Å². The third-order valence-electron chi connectivity index (χ3n) is 1.55. The topological polar surface area (TPSA) is 95.9 Å². The highest BCUT2D eigenvalue weighted by Gasteiger charge is 2.29. The first-order valence-corrected chi connectivity index (χ1v) is 5.04. The molecule has 0 aromatic heterocycles. The standard InChI is InChI=1S/C5H10NO5P/c7-5(11-12(8,9)10)4-2-1-3-6-4/h4,6H,1-3H2,(H2,8,9,10). The summed E-state index contributed by atoms with van der Waals surface area (Å²) in [5.74, 6) is -0.874. The fourth-order valence-electron chi connectivity index (χ4n) is 1.07. The number of rotatable bonds is 2. The van der Waals surface area contributed by atoms with Gasteiger partial charge in [-0.1, -0.05) is 0 Å². The maximum Gasteiger partial charge on any atom is 0.527 e. The van der Waals surface area contributed by atoms with Gasteiger partial charge in [0.25, 0.3) is 0 Å². The minimum Gasteiger partial charge on any atom is -0.369 e. The largest absolute Gasteiger partial charge is 0.527 e. The molecule has 1 aliphatic rings. The maximum absolute atomic E-state index is 10.9. The second kappa shape index (κ2) is 3.53. The summed E-state index contributed by atoms with van der Waals surface area (Å²) in [6.07, 6.45) is 1.39. The Bertz CT molecular complexity index is 218. The summed E-state index contributed by atoms with van der Waals surface area (Å²) in [6, 6.07) is -0.558. The van der Waals surface area contributed by atoms with Crippen molar-refractivity contribution in [2.45, 2.75) is 18.9 Å². The van der Waals surface area contributed by atoms with Crippen molar-refractivity contribution in [2.24, 2.45) is 0 Å². The monoisotopic (exact) mass is 195 g/mol. The number of carbonyl (C=O) groups is 1. The second-order valence-corrected chi connectivity index (χ2v) is 3.71. The SMILES string of the molecule is O=C(OP(=O)(O)O)C1CCCN1. The smallest absolute Gasteiger partial charge is 0.369 e. The quantitative estimate of drug-likeness (QED) is 0.508. The summed E-state index contributed by atoms with van der Waals surface area (Å²) < 4.78 is 14.1. The van der Waals surface area contributed by atoms with Crippen LogP contribution in [-0.4, -0.2) is 28.3 Å². The summed E-state index contributed by atoms with van der Waals surface area (Å²) in [6.45, 7) is 0.681. The summed E-state index contributed by atoms with van der Waals surface area (Å²) >= 11 is 0. The molecule has 0 aromatic carbocycles. The highest BCUT2D eigenvalue weighted by Crippen LogP contribution is 2.36. The van der Waals surface area contributed by atoms with Crippen LogP contribution < -0.4 is 5.32 Å². The molecule has 70 valence electrons. The Labute approximate surface area is 69.2 Å². The molecule has 0 bridgehead atoms. The van der Waals surface area contributed by atoms with E-state index >= 15 is 0 Å². The Kier molecular flexibility index (Phi) is 2.85. The molecule has 1 rings (SSSR count). The van der Waals surface area contributed by atoms with Crippen LogP contribution in [0.4, 0.5) is 0 Å². The molecule has 1 fully saturated rings. The van der Waals surface area contributed by atoms with E-state index in [1.165, 1.54) is 0 Å². The van der Waals surface area contributed by atoms with Crippen LogP contribution in [-0.2, 0) is 13.9 Å². The number of hydrogen-bond donors (Lipinski definition) is 3. The number of hydrogen-bond acceptors (Lipinski definition) is 4. The molecular weight excluding hydrogens is 185 g/mol. The van der Waals surface area contributed by atoms with E-state index in [9.17, 15) is 9.36 Å². The first kappa shape index (κ1) is 9.67. The number of phosphoric acid groups is 1. The van der Waals surface area contributed by atoms with Crippen LogP contribution in [0.3, 0.4) is 0 Å². The molecule has 1 atom stereocenters. The first-order valence-electron chi connectivity index (χ1n) is 3.51. The molecule has 0 saturated carbocycles. The molecule has 0 spiro atoms. The van der Waals surface area contributed by atoms with E-state index in [2.05, 4.69) is 9.84 Å². The highest BCUT2D eigenvalue weighted by atomic mass is 31.2. The van der Waals surface area contributed by atoms with E-state index in [1.54, 1.807) is 0 Å². The van der Waals surface area contributed by atoms with Crippen molar-refractivity contribution in [1.29, 1.82) is 0 Å². The minimum atomic E-state index is -4.66. The molecule has 0 radical (unpaired) electrons. The third kappa shape index (κ3) is 2.91. The van der Waals surface area contributed by atoms with E-state index in [-0.39, 0.29) is 0 Å². The van der Waals surface area contributed by atoms with Crippen molar-refractivity contribution in [2.75, 3.05) is 6.54 Å². The van der Waals surface area contributed by atoms with Crippen LogP contribution in [0.1, 0.15) is 12.8 Å². The Hall–Kier alpha value is -0.420. The van der Waals surface area contributed by atoms with Crippen molar-refractivity contribution in [3.8, 4) is 0 Å². The molecule has 12 heavy (non-hydrogen) atoms. The lowest BCUT2D eigenvalue weighted by atomic mass is 10.2. The van der Waals surface area contributed by atoms with E-state index in [0.717, 1.165) is 6.42 Å². The van der Waals surface area contributed by atoms with E-state index in [4.69, 9.17) is 9.79 Å². The third-order valence-corrected chi connectivity index (χ3v) is 1.97. The fraction of sp³-hybridized carbons (Fsp3) is 0.800. The zero-order chi connectivity index (χ0) is 9.19. The lowest BCUT2D eigenvalue weighted by molar-refractivity contribution is -0.137. The van der Waals surface area contributed by atoms with Gasteiger partial charge < -0.3 is 9.84 Å². The maximum atomic E-state index is 10.9. The molecule has 0 aliphatic carbocycles. The van der Waals surface area contributed by atoms with Gasteiger partial charge in [-0.3, -0.25) is 9.79 Å². The Morgan fingerprint density at radius 2 is 2.25 bits per heavy atom. The summed E-state index contributed by atoms with van der Waals surface area (Å²) in [5.41, 5.74) is 0. The van der Waals surface area contributed by atoms with Crippen molar-refractivity contribution < 1.29 is 23.7 Å². The van der Waals surface area contributed by atoms with Crippen LogP contribution in [0.15, 0.2) is 0 Å². The molecule has 3 N–H and O–H groups in total. The van der Waals surface area contributed by atoms with E-state index in [1.807, 2.05) is 0 Å². The molecule has 6 nitrogen and oxygen atoms in total. The fourth-order valence-corrected chi connectivity index (χ4v) is 1.43. The van der Waals surface area contributed by atoms with Gasteiger partial charge in [-0.05, 0) is 19.4 Å². The number of carbonyl (C=O) groups excluding carboxylic acids is 1. The summed E-state index contributed by atoms with van der Waals surface area (Å²) in [5, 5.41) is 2.76. The minimum absolute atomic E-state index is 0.558. The molecule has 7 heteroatoms. The van der Waals surface area contributed by atoms with Gasteiger partial charge in [0.05, 0.1) is 0 Å². The Morgan fingerprint density at radius 3 is 2.67 bits per heavy atom. The lowest BCUT2D eigenvalue weighted by Gasteiger charge is -2.09. The van der Waals surface area contributed by atoms with Crippen LogP contribution >= 0.6 is 7.82 Å². The van der Waals surface area contributed by atoms with Gasteiger partial charge in [0.15, 0.2) is 0 Å². The normalized spacial score (nSPS) is 24.0. The van der Waals surface area contributed by atoms with Crippen molar-refractivity contribution in [3.63, 3.8) is 0 Å². The predicted octanol–water partition coefficient (Wildman–Crippen LogP) is -0.626. The second-order valence-electron chi connectivity index (χ2n) is 2.55. The van der Waals surface area contributed by atoms with Crippen molar-refractivity contribution >= 4 is 13.8 Å². The number of nitrogens with one attached hydrogen (secondary N) is 1. The molecule has 1 heterocycles. The Morgan fingerprint density at radius 1 is 1.58 bits per heavy atom. The number of phosphoric ester groups is 1. The molecule has 0 amide bonds. The molecule has 1 aliphatic heterocycles. The van der Waals surface area contributed by atoms with Gasteiger partial charge in [-0.25, -0.2) is 9.36 Å². The zero-order valence-corrected chi connectivity index (χ0v) is 7.16. The predicted molar refractivity (Wildman–Crippen MR) is 39.2 cm³/mol. The van der Waals surface area contributed by atoms with Crippen LogP contribution in [0.2, 0.25) is 0 Å². The van der Waals surface area contributed by atoms with E-state index < -0.39 is 19.8 Å².